The van der Waals surface area contributed by atoms with Crippen molar-refractivity contribution in [1.29, 1.82) is 0 Å². The molecule has 1 aliphatic carbocycles. The van der Waals surface area contributed by atoms with Gasteiger partial charge in [0.15, 0.2) is 5.82 Å². The van der Waals surface area contributed by atoms with Gasteiger partial charge in [-0.05, 0) is 103 Å². The molecule has 1 saturated carbocycles. The minimum atomic E-state index is -0.507. The fourth-order valence-electron chi connectivity index (χ4n) is 7.99. The van der Waals surface area contributed by atoms with Gasteiger partial charge >= 0.3 is 0 Å². The van der Waals surface area contributed by atoms with Crippen LogP contribution in [0.1, 0.15) is 83.0 Å². The first-order valence-electron chi connectivity index (χ1n) is 16.4. The molecule has 11 heteroatoms. The van der Waals surface area contributed by atoms with Crippen LogP contribution in [0.5, 0.6) is 11.6 Å². The second kappa shape index (κ2) is 12.3. The highest BCUT2D eigenvalue weighted by molar-refractivity contribution is 5.97. The van der Waals surface area contributed by atoms with Gasteiger partial charge in [-0.15, -0.1) is 10.2 Å². The van der Waals surface area contributed by atoms with E-state index in [9.17, 15) is 14.0 Å². The van der Waals surface area contributed by atoms with E-state index in [1.165, 1.54) is 24.5 Å². The number of halogens is 1. The van der Waals surface area contributed by atoms with Crippen LogP contribution in [0.15, 0.2) is 36.7 Å². The Balaban J connectivity index is 1.05. The summed E-state index contributed by atoms with van der Waals surface area (Å²) in [6.07, 6.45) is 8.87. The van der Waals surface area contributed by atoms with Crippen molar-refractivity contribution in [2.24, 2.45) is 11.3 Å². The molecule has 6 rings (SSSR count). The van der Waals surface area contributed by atoms with Gasteiger partial charge in [-0.3, -0.25) is 9.59 Å². The summed E-state index contributed by atoms with van der Waals surface area (Å²) in [4.78, 5) is 36.5. The molecule has 1 N–H and O–H groups in total. The maximum Gasteiger partial charge on any atom is 0.282 e. The number of carbonyl (C=O) groups excluding carboxylic acids is 2. The second-order valence-electron chi connectivity index (χ2n) is 14.3. The lowest BCUT2D eigenvalue weighted by molar-refractivity contribution is -0.117. The maximum atomic E-state index is 14.3. The monoisotopic (exact) mass is 619 g/mol. The molecule has 0 radical (unpaired) electrons. The number of nitrogens with zero attached hydrogens (tertiary/aromatic N) is 6. The van der Waals surface area contributed by atoms with Gasteiger partial charge in [-0.25, -0.2) is 9.37 Å². The number of hydrogen-bond donors (Lipinski definition) is 1. The highest BCUT2D eigenvalue weighted by Gasteiger charge is 2.47. The molecule has 4 heterocycles. The number of anilines is 1. The zero-order valence-electron chi connectivity index (χ0n) is 27.0. The maximum absolute atomic E-state index is 14.3. The smallest absolute Gasteiger partial charge is 0.282 e. The number of benzene rings is 1. The summed E-state index contributed by atoms with van der Waals surface area (Å²) in [5.41, 5.74) is 1.07. The zero-order chi connectivity index (χ0) is 31.9. The van der Waals surface area contributed by atoms with E-state index in [1.54, 1.807) is 4.90 Å². The molecule has 4 fully saturated rings. The van der Waals surface area contributed by atoms with Crippen LogP contribution in [0.25, 0.3) is 0 Å². The van der Waals surface area contributed by atoms with Crippen molar-refractivity contribution in [3.8, 4) is 11.6 Å². The Labute approximate surface area is 265 Å². The third-order valence-corrected chi connectivity index (χ3v) is 10.4. The first kappa shape index (κ1) is 31.4. The summed E-state index contributed by atoms with van der Waals surface area (Å²) in [6, 6.07) is 3.84. The van der Waals surface area contributed by atoms with Crippen molar-refractivity contribution in [3.05, 3.63) is 48.1 Å². The van der Waals surface area contributed by atoms with Crippen molar-refractivity contribution < 1.29 is 18.7 Å². The lowest BCUT2D eigenvalue weighted by Gasteiger charge is -2.54. The average Bonchev–Trinajstić information content (AvgIpc) is 3.26. The van der Waals surface area contributed by atoms with Crippen molar-refractivity contribution in [2.45, 2.75) is 90.3 Å². The normalized spacial score (nSPS) is 24.8. The van der Waals surface area contributed by atoms with E-state index in [1.807, 2.05) is 27.7 Å². The zero-order valence-corrected chi connectivity index (χ0v) is 27.0. The Hall–Kier alpha value is -3.60. The summed E-state index contributed by atoms with van der Waals surface area (Å²) in [6.45, 7) is 16.7. The van der Waals surface area contributed by atoms with Gasteiger partial charge < -0.3 is 24.8 Å². The number of aromatic nitrogens is 3. The minimum Gasteiger partial charge on any atom is -0.434 e. The molecule has 1 aromatic heterocycles. The van der Waals surface area contributed by atoms with E-state index in [0.29, 0.717) is 11.7 Å². The fourth-order valence-corrected chi connectivity index (χ4v) is 7.99. The first-order chi connectivity index (χ1) is 21.5. The van der Waals surface area contributed by atoms with E-state index in [-0.39, 0.29) is 52.0 Å². The van der Waals surface area contributed by atoms with Crippen LogP contribution in [0.2, 0.25) is 0 Å². The van der Waals surface area contributed by atoms with Gasteiger partial charge in [0.1, 0.15) is 17.9 Å². The van der Waals surface area contributed by atoms with E-state index < -0.39 is 5.82 Å². The van der Waals surface area contributed by atoms with Crippen LogP contribution >= 0.6 is 0 Å². The van der Waals surface area contributed by atoms with E-state index >= 15 is 0 Å². The molecule has 242 valence electrons. The van der Waals surface area contributed by atoms with Crippen LogP contribution in [-0.4, -0.2) is 87.1 Å². The predicted octanol–water partition coefficient (Wildman–Crippen LogP) is 4.97. The minimum absolute atomic E-state index is 0.0377. The molecule has 0 atom stereocenters. The van der Waals surface area contributed by atoms with E-state index in [4.69, 9.17) is 4.74 Å². The molecule has 0 bridgehead atoms. The van der Waals surface area contributed by atoms with Crippen LogP contribution in [0.4, 0.5) is 10.2 Å². The SMILES string of the molecule is C=C1CC2(CCC(CN3CCC4(CC3)CN(c3ncnnc3Oc3ccc(F)cc3C(=O)N(C(C)C)C(C)C)C4)CC2)NC1=O. The number of piperidine rings is 1. The Morgan fingerprint density at radius 1 is 1.13 bits per heavy atom. The lowest BCUT2D eigenvalue weighted by atomic mass is 9.71. The molecule has 4 aliphatic rings. The molecule has 2 amide bonds. The topological polar surface area (TPSA) is 104 Å². The van der Waals surface area contributed by atoms with Crippen molar-refractivity contribution in [1.82, 2.24) is 30.3 Å². The summed E-state index contributed by atoms with van der Waals surface area (Å²) in [5, 5.41) is 11.4. The molecular formula is C34H46FN7O3. The highest BCUT2D eigenvalue weighted by atomic mass is 19.1. The number of rotatable bonds is 8. The predicted molar refractivity (Wildman–Crippen MR) is 170 cm³/mol. The Morgan fingerprint density at radius 3 is 2.44 bits per heavy atom. The van der Waals surface area contributed by atoms with Gasteiger partial charge in [0.2, 0.25) is 5.91 Å². The number of nitrogens with one attached hydrogen (secondary N) is 1. The van der Waals surface area contributed by atoms with Gasteiger partial charge in [0.25, 0.3) is 11.8 Å². The van der Waals surface area contributed by atoms with Gasteiger partial charge in [-0.2, -0.15) is 0 Å². The quantitative estimate of drug-likeness (QED) is 0.414. The Morgan fingerprint density at radius 2 is 1.82 bits per heavy atom. The molecule has 45 heavy (non-hydrogen) atoms. The third-order valence-electron chi connectivity index (χ3n) is 10.4. The lowest BCUT2D eigenvalue weighted by Crippen LogP contribution is -2.61. The number of ether oxygens (including phenoxy) is 1. The number of amides is 2. The average molecular weight is 620 g/mol. The van der Waals surface area contributed by atoms with Gasteiger partial charge in [0, 0.05) is 54.7 Å². The highest BCUT2D eigenvalue weighted by Crippen LogP contribution is 2.45. The van der Waals surface area contributed by atoms with Crippen LogP contribution in [0, 0.1) is 17.2 Å². The van der Waals surface area contributed by atoms with Crippen molar-refractivity contribution >= 4 is 17.6 Å². The van der Waals surface area contributed by atoms with Crippen LogP contribution in [0.3, 0.4) is 0 Å². The second-order valence-corrected chi connectivity index (χ2v) is 14.3. The number of likely N-dealkylation sites (tertiary alicyclic amines) is 1. The number of hydrogen-bond acceptors (Lipinski definition) is 8. The van der Waals surface area contributed by atoms with Gasteiger partial charge in [-0.1, -0.05) is 6.58 Å². The summed E-state index contributed by atoms with van der Waals surface area (Å²) in [5.74, 6) is 0.936. The Bertz CT molecular complexity index is 1410. The molecule has 0 unspecified atom stereocenters. The molecule has 3 aliphatic heterocycles. The number of carbonyl (C=O) groups is 2. The standard InChI is InChI=1S/C34H46FN7O3/c1-22(2)42(23(3)4)32(44)27-16-26(35)6-7-28(27)45-31-29(36-21-37-39-31)41-19-33(20-41)12-14-40(15-13-33)18-25-8-10-34(11-9-25)17-24(5)30(43)38-34/h6-7,16,21-23,25H,5,8-15,17-20H2,1-4H3,(H,38,43). The van der Waals surface area contributed by atoms with Gasteiger partial charge in [0.05, 0.1) is 5.56 Å². The molecular weight excluding hydrogens is 573 g/mol. The molecule has 2 spiro atoms. The van der Waals surface area contributed by atoms with E-state index in [0.717, 1.165) is 83.2 Å². The van der Waals surface area contributed by atoms with Crippen molar-refractivity contribution in [2.75, 3.05) is 37.6 Å². The first-order valence-corrected chi connectivity index (χ1v) is 16.4. The summed E-state index contributed by atoms with van der Waals surface area (Å²) < 4.78 is 20.5. The molecule has 2 aromatic rings. The van der Waals surface area contributed by atoms with Crippen molar-refractivity contribution in [3.63, 3.8) is 0 Å². The molecule has 10 nitrogen and oxygen atoms in total. The summed E-state index contributed by atoms with van der Waals surface area (Å²) in [7, 11) is 0. The summed E-state index contributed by atoms with van der Waals surface area (Å²) >= 11 is 0. The van der Waals surface area contributed by atoms with Crippen LogP contribution < -0.4 is 15.0 Å². The molecule has 1 aromatic carbocycles. The fraction of sp³-hybridized carbons (Fsp3) is 0.618. The third kappa shape index (κ3) is 6.41. The van der Waals surface area contributed by atoms with E-state index in [2.05, 4.69) is 36.9 Å². The largest absolute Gasteiger partial charge is 0.434 e. The van der Waals surface area contributed by atoms with Crippen LogP contribution in [-0.2, 0) is 4.79 Å². The molecule has 3 saturated heterocycles. The Kier molecular flexibility index (Phi) is 8.58.